The lowest BCUT2D eigenvalue weighted by Gasteiger charge is -2.18. The van der Waals surface area contributed by atoms with E-state index in [2.05, 4.69) is 43.0 Å². The average molecular weight is 325 g/mol. The summed E-state index contributed by atoms with van der Waals surface area (Å²) in [6.45, 7) is 7.74. The Kier molecular flexibility index (Phi) is 5.03. The van der Waals surface area contributed by atoms with Crippen molar-refractivity contribution in [3.8, 4) is 0 Å². The number of nitrogens with two attached hydrogens (primary N) is 1. The average Bonchev–Trinajstić information content (AvgIpc) is 2.57. The third-order valence-electron chi connectivity index (χ3n) is 4.20. The fourth-order valence-corrected chi connectivity index (χ4v) is 4.05. The second-order valence-corrected chi connectivity index (χ2v) is 6.72. The van der Waals surface area contributed by atoms with Crippen LogP contribution in [0.2, 0.25) is 0 Å². The van der Waals surface area contributed by atoms with Crippen LogP contribution in [0.25, 0.3) is 21.8 Å². The van der Waals surface area contributed by atoms with Gasteiger partial charge in [-0.15, -0.1) is 11.8 Å². The minimum Gasteiger partial charge on any atom is -0.399 e. The first-order chi connectivity index (χ1) is 11.2. The summed E-state index contributed by atoms with van der Waals surface area (Å²) in [6, 6.07) is 14.4. The molecule has 3 rings (SSSR count). The highest BCUT2D eigenvalue weighted by Crippen LogP contribution is 2.34. The highest BCUT2D eigenvalue weighted by Gasteiger charge is 2.10. The Labute approximate surface area is 141 Å². The van der Waals surface area contributed by atoms with Crippen LogP contribution in [0.15, 0.2) is 47.4 Å². The SMILES string of the molecule is CCN(CC)CCSc1c2ccccc2nc2cc(N)ccc12. The van der Waals surface area contributed by atoms with Gasteiger partial charge in [0.2, 0.25) is 0 Å². The van der Waals surface area contributed by atoms with Gasteiger partial charge in [-0.25, -0.2) is 4.98 Å². The zero-order valence-corrected chi connectivity index (χ0v) is 14.6. The summed E-state index contributed by atoms with van der Waals surface area (Å²) in [4.78, 5) is 8.54. The number of rotatable bonds is 6. The Balaban J connectivity index is 2.01. The van der Waals surface area contributed by atoms with Crippen LogP contribution >= 0.6 is 11.8 Å². The Morgan fingerprint density at radius 1 is 1.00 bits per heavy atom. The molecule has 0 aliphatic heterocycles. The van der Waals surface area contributed by atoms with Crippen molar-refractivity contribution >= 4 is 39.3 Å². The Hall–Kier alpha value is -1.78. The summed E-state index contributed by atoms with van der Waals surface area (Å²) in [7, 11) is 0. The molecule has 0 bridgehead atoms. The minimum absolute atomic E-state index is 0.763. The van der Waals surface area contributed by atoms with Gasteiger partial charge in [0.25, 0.3) is 0 Å². The quantitative estimate of drug-likeness (QED) is 0.414. The summed E-state index contributed by atoms with van der Waals surface area (Å²) in [5.41, 5.74) is 8.72. The number of pyridine rings is 1. The third-order valence-corrected chi connectivity index (χ3v) is 5.32. The Morgan fingerprint density at radius 2 is 1.74 bits per heavy atom. The van der Waals surface area contributed by atoms with Crippen LogP contribution in [0, 0.1) is 0 Å². The third kappa shape index (κ3) is 3.43. The minimum atomic E-state index is 0.763. The highest BCUT2D eigenvalue weighted by molar-refractivity contribution is 7.99. The molecule has 0 saturated heterocycles. The van der Waals surface area contributed by atoms with Crippen LogP contribution in [0.5, 0.6) is 0 Å². The van der Waals surface area contributed by atoms with E-state index in [1.807, 2.05) is 30.0 Å². The summed E-state index contributed by atoms with van der Waals surface area (Å²) in [6.07, 6.45) is 0. The zero-order valence-electron chi connectivity index (χ0n) is 13.7. The van der Waals surface area contributed by atoms with Gasteiger partial charge in [-0.1, -0.05) is 32.0 Å². The molecular weight excluding hydrogens is 302 g/mol. The molecule has 0 fully saturated rings. The van der Waals surface area contributed by atoms with Gasteiger partial charge >= 0.3 is 0 Å². The van der Waals surface area contributed by atoms with Gasteiger partial charge in [0.15, 0.2) is 0 Å². The molecule has 0 aliphatic carbocycles. The van der Waals surface area contributed by atoms with Gasteiger partial charge in [0, 0.05) is 33.7 Å². The molecule has 3 aromatic rings. The summed E-state index contributed by atoms with van der Waals surface area (Å²) in [5, 5.41) is 2.43. The maximum atomic E-state index is 5.94. The van der Waals surface area contributed by atoms with E-state index in [0.29, 0.717) is 0 Å². The number of fused-ring (bicyclic) bond motifs is 2. The molecular formula is C19H23N3S. The summed E-state index contributed by atoms with van der Waals surface area (Å²) < 4.78 is 0. The van der Waals surface area contributed by atoms with Crippen LogP contribution in [0.4, 0.5) is 5.69 Å². The highest BCUT2D eigenvalue weighted by atomic mass is 32.2. The largest absolute Gasteiger partial charge is 0.399 e. The molecule has 0 unspecified atom stereocenters. The van der Waals surface area contributed by atoms with Crippen molar-refractivity contribution in [1.29, 1.82) is 0 Å². The van der Waals surface area contributed by atoms with Crippen molar-refractivity contribution < 1.29 is 0 Å². The van der Waals surface area contributed by atoms with Gasteiger partial charge < -0.3 is 10.6 Å². The lowest BCUT2D eigenvalue weighted by Crippen LogP contribution is -2.25. The van der Waals surface area contributed by atoms with Crippen molar-refractivity contribution in [3.05, 3.63) is 42.5 Å². The van der Waals surface area contributed by atoms with Gasteiger partial charge in [-0.05, 0) is 37.4 Å². The molecule has 4 heteroatoms. The molecule has 120 valence electrons. The van der Waals surface area contributed by atoms with Gasteiger partial charge in [0.1, 0.15) is 0 Å². The molecule has 0 amide bonds. The number of nitrogen functional groups attached to an aromatic ring is 1. The number of hydrogen-bond acceptors (Lipinski definition) is 4. The molecule has 3 nitrogen and oxygen atoms in total. The number of benzene rings is 2. The number of anilines is 1. The van der Waals surface area contributed by atoms with E-state index in [1.165, 1.54) is 15.7 Å². The molecule has 0 saturated carbocycles. The van der Waals surface area contributed by atoms with E-state index < -0.39 is 0 Å². The smallest absolute Gasteiger partial charge is 0.0741 e. The lowest BCUT2D eigenvalue weighted by molar-refractivity contribution is 0.324. The first-order valence-corrected chi connectivity index (χ1v) is 9.14. The topological polar surface area (TPSA) is 42.2 Å². The van der Waals surface area contributed by atoms with E-state index in [4.69, 9.17) is 10.7 Å². The summed E-state index contributed by atoms with van der Waals surface area (Å²) >= 11 is 1.92. The second-order valence-electron chi connectivity index (χ2n) is 5.61. The van der Waals surface area contributed by atoms with E-state index in [-0.39, 0.29) is 0 Å². The van der Waals surface area contributed by atoms with Crippen molar-refractivity contribution in [2.75, 3.05) is 31.1 Å². The normalized spacial score (nSPS) is 11.6. The van der Waals surface area contributed by atoms with Crippen molar-refractivity contribution in [2.45, 2.75) is 18.7 Å². The molecule has 23 heavy (non-hydrogen) atoms. The van der Waals surface area contributed by atoms with Crippen LogP contribution in [-0.2, 0) is 0 Å². The van der Waals surface area contributed by atoms with Crippen molar-refractivity contribution in [3.63, 3.8) is 0 Å². The molecule has 0 radical (unpaired) electrons. The van der Waals surface area contributed by atoms with E-state index in [0.717, 1.165) is 42.1 Å². The second kappa shape index (κ2) is 7.20. The Bertz CT molecular complexity index is 812. The van der Waals surface area contributed by atoms with E-state index in [9.17, 15) is 0 Å². The number of para-hydroxylation sites is 1. The molecule has 2 aromatic carbocycles. The predicted octanol–water partition coefficient (Wildman–Crippen LogP) is 4.40. The lowest BCUT2D eigenvalue weighted by atomic mass is 10.1. The Morgan fingerprint density at radius 3 is 2.52 bits per heavy atom. The number of thioether (sulfide) groups is 1. The molecule has 1 heterocycles. The molecule has 0 atom stereocenters. The van der Waals surface area contributed by atoms with Gasteiger partial charge in [-0.2, -0.15) is 0 Å². The van der Waals surface area contributed by atoms with Gasteiger partial charge in [-0.3, -0.25) is 0 Å². The van der Waals surface area contributed by atoms with Crippen molar-refractivity contribution in [2.24, 2.45) is 0 Å². The zero-order chi connectivity index (χ0) is 16.2. The van der Waals surface area contributed by atoms with E-state index >= 15 is 0 Å². The fraction of sp³-hybridized carbons (Fsp3) is 0.316. The first kappa shape index (κ1) is 16.1. The maximum Gasteiger partial charge on any atom is 0.0741 e. The van der Waals surface area contributed by atoms with Crippen LogP contribution in [0.1, 0.15) is 13.8 Å². The van der Waals surface area contributed by atoms with Crippen molar-refractivity contribution in [1.82, 2.24) is 9.88 Å². The number of nitrogens with zero attached hydrogens (tertiary/aromatic N) is 2. The first-order valence-electron chi connectivity index (χ1n) is 8.16. The molecule has 2 N–H and O–H groups in total. The molecule has 1 aromatic heterocycles. The van der Waals surface area contributed by atoms with Crippen LogP contribution in [-0.4, -0.2) is 35.3 Å². The van der Waals surface area contributed by atoms with Gasteiger partial charge in [0.05, 0.1) is 11.0 Å². The predicted molar refractivity (Wildman–Crippen MR) is 102 cm³/mol. The summed E-state index contributed by atoms with van der Waals surface area (Å²) in [5.74, 6) is 1.08. The molecule has 0 aliphatic rings. The van der Waals surface area contributed by atoms with Crippen LogP contribution < -0.4 is 5.73 Å². The van der Waals surface area contributed by atoms with Crippen LogP contribution in [0.3, 0.4) is 0 Å². The maximum absolute atomic E-state index is 5.94. The monoisotopic (exact) mass is 325 g/mol. The number of hydrogen-bond donors (Lipinski definition) is 1. The molecule has 0 spiro atoms. The fourth-order valence-electron chi connectivity index (χ4n) is 2.84. The van der Waals surface area contributed by atoms with E-state index in [1.54, 1.807) is 0 Å². The standard InChI is InChI=1S/C19H23N3S/c1-3-22(4-2)11-12-23-19-15-7-5-6-8-17(15)21-18-13-14(20)9-10-16(18)19/h5-10,13H,3-4,11-12,20H2,1-2H3. The number of aromatic nitrogens is 1.